The van der Waals surface area contributed by atoms with Crippen LogP contribution in [0.4, 0.5) is 13.2 Å². The zero-order valence-electron chi connectivity index (χ0n) is 13.4. The average Bonchev–Trinajstić information content (AvgIpc) is 2.61. The molecule has 0 fully saturated rings. The summed E-state index contributed by atoms with van der Waals surface area (Å²) in [5.41, 5.74) is 1.10. The highest BCUT2D eigenvalue weighted by atomic mass is 19.4. The minimum absolute atomic E-state index is 0.0280. The maximum atomic E-state index is 12.7. The number of ketones is 1. The zero-order chi connectivity index (χ0) is 18.5. The van der Waals surface area contributed by atoms with E-state index in [1.54, 1.807) is 30.3 Å². The van der Waals surface area contributed by atoms with Gasteiger partial charge in [0.2, 0.25) is 5.43 Å². The molecule has 26 heavy (non-hydrogen) atoms. The molecule has 1 heterocycles. The predicted octanol–water partition coefficient (Wildman–Crippen LogP) is 4.67. The average molecular weight is 355 g/mol. The first-order valence-electron chi connectivity index (χ1n) is 7.91. The molecule has 3 aromatic rings. The van der Waals surface area contributed by atoms with Crippen LogP contribution in [0.25, 0.3) is 22.6 Å². The maximum Gasteiger partial charge on any atom is 0.416 e. The number of halogens is 3. The summed E-state index contributed by atoms with van der Waals surface area (Å²) in [6.07, 6.45) is -2.78. The quantitative estimate of drug-likeness (QED) is 0.689. The molecule has 6 heteroatoms. The molecule has 130 valence electrons. The molecule has 1 aromatic heterocycles. The van der Waals surface area contributed by atoms with Gasteiger partial charge in [-0.25, -0.2) is 0 Å². The van der Waals surface area contributed by atoms with Gasteiger partial charge in [0.1, 0.15) is 0 Å². The van der Waals surface area contributed by atoms with Crippen LogP contribution in [0.5, 0.6) is 0 Å². The standard InChI is InChI=1S/C20H12F3NO2/c21-20(22,23)13-7-5-11(6-8-13)12-9-16-18(17(25)10-12)19(26)14-3-1-2-4-15(14)24-16/h1-9H,10H2,(H,24,26). The van der Waals surface area contributed by atoms with E-state index in [2.05, 4.69) is 4.98 Å². The van der Waals surface area contributed by atoms with Gasteiger partial charge in [-0.2, -0.15) is 13.2 Å². The van der Waals surface area contributed by atoms with Crippen molar-refractivity contribution in [3.63, 3.8) is 0 Å². The third-order valence-corrected chi connectivity index (χ3v) is 4.47. The van der Waals surface area contributed by atoms with Crippen LogP contribution in [0.3, 0.4) is 0 Å². The second kappa shape index (κ2) is 5.69. The number of rotatable bonds is 1. The number of alkyl halides is 3. The lowest BCUT2D eigenvalue weighted by atomic mass is 9.89. The molecule has 0 spiro atoms. The maximum absolute atomic E-state index is 12.7. The number of H-pyrrole nitrogens is 1. The van der Waals surface area contributed by atoms with Crippen molar-refractivity contribution < 1.29 is 18.0 Å². The molecule has 0 saturated carbocycles. The van der Waals surface area contributed by atoms with Gasteiger partial charge in [-0.1, -0.05) is 24.3 Å². The molecule has 2 aromatic carbocycles. The van der Waals surface area contributed by atoms with E-state index in [4.69, 9.17) is 0 Å². The van der Waals surface area contributed by atoms with Crippen molar-refractivity contribution >= 4 is 28.3 Å². The number of hydrogen-bond acceptors (Lipinski definition) is 2. The number of para-hydroxylation sites is 1. The minimum atomic E-state index is -4.41. The summed E-state index contributed by atoms with van der Waals surface area (Å²) in [5, 5.41) is 0.436. The van der Waals surface area contributed by atoms with Gasteiger partial charge in [0.25, 0.3) is 0 Å². The Morgan fingerprint density at radius 1 is 0.923 bits per heavy atom. The molecule has 1 N–H and O–H groups in total. The first-order chi connectivity index (χ1) is 12.3. The molecule has 0 aliphatic heterocycles. The van der Waals surface area contributed by atoms with Gasteiger partial charge in [-0.3, -0.25) is 9.59 Å². The molecule has 0 bridgehead atoms. The lowest BCUT2D eigenvalue weighted by molar-refractivity contribution is -0.137. The van der Waals surface area contributed by atoms with Gasteiger partial charge in [0, 0.05) is 17.3 Å². The van der Waals surface area contributed by atoms with Crippen molar-refractivity contribution in [3.05, 3.63) is 81.1 Å². The fraction of sp³-hybridized carbons (Fsp3) is 0.100. The summed E-state index contributed by atoms with van der Waals surface area (Å²) < 4.78 is 38.1. The summed E-state index contributed by atoms with van der Waals surface area (Å²) >= 11 is 0. The van der Waals surface area contributed by atoms with E-state index < -0.39 is 11.7 Å². The van der Waals surface area contributed by atoms with Gasteiger partial charge < -0.3 is 4.98 Å². The number of Topliss-reactive ketones (excluding diaryl/α,β-unsaturated/α-hetero) is 1. The molecular weight excluding hydrogens is 343 g/mol. The Balaban J connectivity index is 1.84. The second-order valence-electron chi connectivity index (χ2n) is 6.13. The summed E-state index contributed by atoms with van der Waals surface area (Å²) in [6, 6.07) is 11.5. The molecule has 0 atom stereocenters. The predicted molar refractivity (Wildman–Crippen MR) is 92.8 cm³/mol. The monoisotopic (exact) mass is 355 g/mol. The number of allylic oxidation sites excluding steroid dienone is 1. The number of carbonyl (C=O) groups is 1. The van der Waals surface area contributed by atoms with Gasteiger partial charge >= 0.3 is 6.18 Å². The fourth-order valence-electron chi connectivity index (χ4n) is 3.19. The van der Waals surface area contributed by atoms with Crippen LogP contribution in [-0.2, 0) is 6.18 Å². The molecular formula is C20H12F3NO2. The molecule has 4 rings (SSSR count). The number of hydrogen-bond donors (Lipinski definition) is 1. The highest BCUT2D eigenvalue weighted by Crippen LogP contribution is 2.33. The van der Waals surface area contributed by atoms with Crippen LogP contribution < -0.4 is 5.43 Å². The summed E-state index contributed by atoms with van der Waals surface area (Å²) in [7, 11) is 0. The van der Waals surface area contributed by atoms with Crippen LogP contribution in [0.1, 0.15) is 33.6 Å². The van der Waals surface area contributed by atoms with Gasteiger partial charge in [0.05, 0.1) is 16.8 Å². The van der Waals surface area contributed by atoms with Crippen molar-refractivity contribution in [3.8, 4) is 0 Å². The van der Waals surface area contributed by atoms with E-state index in [1.807, 2.05) is 0 Å². The lowest BCUT2D eigenvalue weighted by Crippen LogP contribution is -2.21. The van der Waals surface area contributed by atoms with E-state index in [0.29, 0.717) is 27.7 Å². The van der Waals surface area contributed by atoms with Gasteiger partial charge in [0.15, 0.2) is 5.78 Å². The van der Waals surface area contributed by atoms with Gasteiger partial charge in [-0.15, -0.1) is 0 Å². The Kier molecular flexibility index (Phi) is 3.57. The molecule has 0 saturated heterocycles. The first kappa shape index (κ1) is 16.3. The van der Waals surface area contributed by atoms with E-state index in [9.17, 15) is 22.8 Å². The largest absolute Gasteiger partial charge is 0.416 e. The molecule has 0 unspecified atom stereocenters. The minimum Gasteiger partial charge on any atom is -0.354 e. The SMILES string of the molecule is O=C1CC(c2ccc(C(F)(F)F)cc2)=Cc2[nH]c3ccccc3c(=O)c21. The normalized spacial score (nSPS) is 14.3. The Morgan fingerprint density at radius 3 is 2.31 bits per heavy atom. The van der Waals surface area contributed by atoms with E-state index in [0.717, 1.165) is 12.1 Å². The number of benzene rings is 2. The lowest BCUT2D eigenvalue weighted by Gasteiger charge is -2.17. The summed E-state index contributed by atoms with van der Waals surface area (Å²) in [6.45, 7) is 0. The summed E-state index contributed by atoms with van der Waals surface area (Å²) in [5.74, 6) is -0.343. The van der Waals surface area contributed by atoms with Crippen LogP contribution in [-0.4, -0.2) is 10.8 Å². The smallest absolute Gasteiger partial charge is 0.354 e. The molecule has 0 amide bonds. The Labute approximate surface area is 145 Å². The van der Waals surface area contributed by atoms with Crippen LogP contribution in [0.2, 0.25) is 0 Å². The number of carbonyl (C=O) groups excluding carboxylic acids is 1. The number of aromatic amines is 1. The van der Waals surface area contributed by atoms with E-state index >= 15 is 0 Å². The van der Waals surface area contributed by atoms with Crippen LogP contribution in [0, 0.1) is 0 Å². The number of fused-ring (bicyclic) bond motifs is 2. The fourth-order valence-corrected chi connectivity index (χ4v) is 3.19. The topological polar surface area (TPSA) is 49.9 Å². The van der Waals surface area contributed by atoms with Crippen LogP contribution >= 0.6 is 0 Å². The van der Waals surface area contributed by atoms with Gasteiger partial charge in [-0.05, 0) is 41.5 Å². The van der Waals surface area contributed by atoms with Crippen LogP contribution in [0.15, 0.2) is 53.3 Å². The number of aromatic nitrogens is 1. The number of nitrogens with one attached hydrogen (secondary N) is 1. The number of pyridine rings is 1. The Morgan fingerprint density at radius 2 is 1.62 bits per heavy atom. The summed E-state index contributed by atoms with van der Waals surface area (Å²) in [4.78, 5) is 28.2. The first-order valence-corrected chi connectivity index (χ1v) is 7.91. The van der Waals surface area contributed by atoms with E-state index in [-0.39, 0.29) is 23.2 Å². The van der Waals surface area contributed by atoms with E-state index in [1.165, 1.54) is 12.1 Å². The zero-order valence-corrected chi connectivity index (χ0v) is 13.4. The van der Waals surface area contributed by atoms with Crippen molar-refractivity contribution in [2.45, 2.75) is 12.6 Å². The van der Waals surface area contributed by atoms with Crippen molar-refractivity contribution in [2.24, 2.45) is 0 Å². The molecule has 1 aliphatic rings. The molecule has 1 aliphatic carbocycles. The Hall–Kier alpha value is -3.15. The Bertz CT molecular complexity index is 1120. The molecule has 3 nitrogen and oxygen atoms in total. The second-order valence-corrected chi connectivity index (χ2v) is 6.13. The third-order valence-electron chi connectivity index (χ3n) is 4.47. The van der Waals surface area contributed by atoms with Crippen molar-refractivity contribution in [2.75, 3.05) is 0 Å². The third kappa shape index (κ3) is 2.63. The highest BCUT2D eigenvalue weighted by Gasteiger charge is 2.30. The molecule has 0 radical (unpaired) electrons. The highest BCUT2D eigenvalue weighted by molar-refractivity contribution is 6.12. The van der Waals surface area contributed by atoms with Crippen molar-refractivity contribution in [1.82, 2.24) is 4.98 Å². The van der Waals surface area contributed by atoms with Crippen molar-refractivity contribution in [1.29, 1.82) is 0 Å².